The number of thiazole rings is 1. The Hall–Kier alpha value is -1.35. The molecule has 2 fully saturated rings. The van der Waals surface area contributed by atoms with Gasteiger partial charge in [0.1, 0.15) is 10.7 Å². The van der Waals surface area contributed by atoms with Crippen molar-refractivity contribution in [3.63, 3.8) is 0 Å². The van der Waals surface area contributed by atoms with Crippen LogP contribution < -0.4 is 11.1 Å². The molecule has 0 radical (unpaired) electrons. The van der Waals surface area contributed by atoms with Crippen LogP contribution in [0.25, 0.3) is 0 Å². The average molecular weight is 330 g/mol. The molecular weight excluding hydrogens is 312 g/mol. The highest BCUT2D eigenvalue weighted by molar-refractivity contribution is 7.91. The Bertz CT molecular complexity index is 651. The van der Waals surface area contributed by atoms with Crippen LogP contribution in [0, 0.1) is 0 Å². The monoisotopic (exact) mass is 330 g/mol. The van der Waals surface area contributed by atoms with Crippen molar-refractivity contribution in [1.82, 2.24) is 9.88 Å². The fourth-order valence-electron chi connectivity index (χ4n) is 2.23. The molecular formula is C12H18N4O3S2. The molecule has 2 aliphatic rings. The average Bonchev–Trinajstić information content (AvgIpc) is 3.16. The predicted octanol–water partition coefficient (Wildman–Crippen LogP) is 0.560. The number of sulfone groups is 1. The van der Waals surface area contributed by atoms with Gasteiger partial charge in [-0.3, -0.25) is 4.79 Å². The second-order valence-corrected chi connectivity index (χ2v) is 8.75. The molecule has 3 N–H and O–H groups in total. The van der Waals surface area contributed by atoms with E-state index in [1.165, 1.54) is 11.3 Å². The summed E-state index contributed by atoms with van der Waals surface area (Å²) in [5, 5.41) is 3.89. The van der Waals surface area contributed by atoms with Crippen molar-refractivity contribution in [3.8, 4) is 0 Å². The number of aromatic nitrogens is 1. The van der Waals surface area contributed by atoms with Gasteiger partial charge in [0.25, 0.3) is 5.91 Å². The van der Waals surface area contributed by atoms with Crippen LogP contribution in [0.2, 0.25) is 0 Å². The van der Waals surface area contributed by atoms with Crippen molar-refractivity contribution >= 4 is 38.0 Å². The number of nitrogens with zero attached hydrogens (tertiary/aromatic N) is 2. The van der Waals surface area contributed by atoms with Gasteiger partial charge in [-0.05, 0) is 19.3 Å². The molecule has 0 spiro atoms. The van der Waals surface area contributed by atoms with Gasteiger partial charge in [-0.2, -0.15) is 0 Å². The maximum Gasteiger partial charge on any atom is 0.267 e. The van der Waals surface area contributed by atoms with Gasteiger partial charge in [0.15, 0.2) is 15.0 Å². The second-order valence-electron chi connectivity index (χ2n) is 5.45. The molecule has 9 heteroatoms. The van der Waals surface area contributed by atoms with Gasteiger partial charge in [-0.25, -0.2) is 13.4 Å². The van der Waals surface area contributed by atoms with Crippen LogP contribution >= 0.6 is 11.3 Å². The highest BCUT2D eigenvalue weighted by Crippen LogP contribution is 2.31. The van der Waals surface area contributed by atoms with Crippen LogP contribution in [0.4, 0.5) is 10.9 Å². The SMILES string of the molecule is Nc1nc(NC2CC2)sc1C(=O)N1CCCS(=O)(=O)CC1. The first-order valence-corrected chi connectivity index (χ1v) is 9.61. The van der Waals surface area contributed by atoms with Crippen molar-refractivity contribution in [2.75, 3.05) is 35.6 Å². The summed E-state index contributed by atoms with van der Waals surface area (Å²) in [5.74, 6) is 0.167. The Morgan fingerprint density at radius 2 is 2.10 bits per heavy atom. The van der Waals surface area contributed by atoms with E-state index in [0.29, 0.717) is 29.0 Å². The smallest absolute Gasteiger partial charge is 0.267 e. The molecule has 116 valence electrons. The lowest BCUT2D eigenvalue weighted by Gasteiger charge is -2.18. The van der Waals surface area contributed by atoms with Crippen molar-refractivity contribution < 1.29 is 13.2 Å². The highest BCUT2D eigenvalue weighted by Gasteiger charge is 2.28. The number of hydrogen-bond acceptors (Lipinski definition) is 7. The molecule has 0 unspecified atom stereocenters. The van der Waals surface area contributed by atoms with Gasteiger partial charge in [-0.15, -0.1) is 0 Å². The van der Waals surface area contributed by atoms with E-state index in [2.05, 4.69) is 10.3 Å². The topological polar surface area (TPSA) is 105 Å². The molecule has 0 atom stereocenters. The van der Waals surface area contributed by atoms with E-state index in [4.69, 9.17) is 5.73 Å². The number of carbonyl (C=O) groups is 1. The third-order valence-corrected chi connectivity index (χ3v) is 6.30. The number of nitrogens with two attached hydrogens (primary N) is 1. The molecule has 0 bridgehead atoms. The number of amides is 1. The van der Waals surface area contributed by atoms with E-state index >= 15 is 0 Å². The zero-order valence-corrected chi connectivity index (χ0v) is 13.2. The molecule has 2 heterocycles. The first-order chi connectivity index (χ1) is 9.94. The third-order valence-electron chi connectivity index (χ3n) is 3.60. The van der Waals surface area contributed by atoms with Crippen LogP contribution in [-0.4, -0.2) is 54.8 Å². The number of nitrogen functional groups attached to an aromatic ring is 1. The van der Waals surface area contributed by atoms with Crippen molar-refractivity contribution in [2.24, 2.45) is 0 Å². The van der Waals surface area contributed by atoms with E-state index in [1.54, 1.807) is 4.90 Å². The Kier molecular flexibility index (Phi) is 3.78. The largest absolute Gasteiger partial charge is 0.382 e. The molecule has 3 rings (SSSR count). The van der Waals surface area contributed by atoms with Gasteiger partial charge in [-0.1, -0.05) is 11.3 Å². The quantitative estimate of drug-likeness (QED) is 0.839. The predicted molar refractivity (Wildman–Crippen MR) is 82.3 cm³/mol. The minimum atomic E-state index is -3.03. The zero-order valence-electron chi connectivity index (χ0n) is 11.5. The van der Waals surface area contributed by atoms with Gasteiger partial charge in [0.2, 0.25) is 0 Å². The Morgan fingerprint density at radius 1 is 1.33 bits per heavy atom. The van der Waals surface area contributed by atoms with Crippen LogP contribution in [0.3, 0.4) is 0 Å². The summed E-state index contributed by atoms with van der Waals surface area (Å²) in [6.45, 7) is 0.671. The summed E-state index contributed by atoms with van der Waals surface area (Å²) in [7, 11) is -3.03. The van der Waals surface area contributed by atoms with Gasteiger partial charge in [0.05, 0.1) is 11.5 Å². The standard InChI is InChI=1S/C12H18N4O3S2/c13-10-9(20-12(15-10)14-8-2-3-8)11(17)16-4-1-6-21(18,19)7-5-16/h8H,1-7,13H2,(H,14,15). The molecule has 1 saturated heterocycles. The van der Waals surface area contributed by atoms with Crippen molar-refractivity contribution in [3.05, 3.63) is 4.88 Å². The lowest BCUT2D eigenvalue weighted by molar-refractivity contribution is 0.0774. The summed E-state index contributed by atoms with van der Waals surface area (Å²) in [4.78, 5) is 18.6. The van der Waals surface area contributed by atoms with Crippen LogP contribution in [0.15, 0.2) is 0 Å². The fourth-order valence-corrected chi connectivity index (χ4v) is 4.44. The number of nitrogens with one attached hydrogen (secondary N) is 1. The maximum absolute atomic E-state index is 12.5. The highest BCUT2D eigenvalue weighted by atomic mass is 32.2. The Labute approximate surface area is 127 Å². The molecule has 1 aliphatic heterocycles. The summed E-state index contributed by atoms with van der Waals surface area (Å²) >= 11 is 1.25. The molecule has 0 aromatic carbocycles. The normalized spacial score (nSPS) is 21.8. The molecule has 1 aliphatic carbocycles. The van der Waals surface area contributed by atoms with Crippen LogP contribution in [0.1, 0.15) is 28.9 Å². The molecule has 1 aromatic rings. The maximum atomic E-state index is 12.5. The van der Waals surface area contributed by atoms with Crippen molar-refractivity contribution in [1.29, 1.82) is 0 Å². The first kappa shape index (κ1) is 14.6. The van der Waals surface area contributed by atoms with E-state index in [9.17, 15) is 13.2 Å². The lowest BCUT2D eigenvalue weighted by atomic mass is 10.3. The number of anilines is 2. The molecule has 7 nitrogen and oxygen atoms in total. The zero-order chi connectivity index (χ0) is 15.0. The minimum Gasteiger partial charge on any atom is -0.382 e. The number of hydrogen-bond donors (Lipinski definition) is 2. The van der Waals surface area contributed by atoms with Gasteiger partial charge < -0.3 is 16.0 Å². The number of rotatable bonds is 3. The number of carbonyl (C=O) groups excluding carboxylic acids is 1. The van der Waals surface area contributed by atoms with Gasteiger partial charge >= 0.3 is 0 Å². The fraction of sp³-hybridized carbons (Fsp3) is 0.667. The molecule has 21 heavy (non-hydrogen) atoms. The third kappa shape index (κ3) is 3.46. The van der Waals surface area contributed by atoms with E-state index in [1.807, 2.05) is 0 Å². The molecule has 1 saturated carbocycles. The second kappa shape index (κ2) is 5.45. The lowest BCUT2D eigenvalue weighted by Crippen LogP contribution is -2.33. The molecule has 1 aromatic heterocycles. The van der Waals surface area contributed by atoms with Crippen LogP contribution in [-0.2, 0) is 9.84 Å². The summed E-state index contributed by atoms with van der Waals surface area (Å²) in [6, 6.07) is 0.446. The minimum absolute atomic E-state index is 0.0185. The van der Waals surface area contributed by atoms with Gasteiger partial charge in [0, 0.05) is 19.1 Å². The summed E-state index contributed by atoms with van der Waals surface area (Å²) < 4.78 is 23.2. The van der Waals surface area contributed by atoms with Crippen molar-refractivity contribution in [2.45, 2.75) is 25.3 Å². The Morgan fingerprint density at radius 3 is 2.81 bits per heavy atom. The van der Waals surface area contributed by atoms with E-state index in [-0.39, 0.29) is 29.8 Å². The summed E-state index contributed by atoms with van der Waals surface area (Å²) in [6.07, 6.45) is 2.71. The Balaban J connectivity index is 1.73. The summed E-state index contributed by atoms with van der Waals surface area (Å²) in [5.41, 5.74) is 5.83. The first-order valence-electron chi connectivity index (χ1n) is 6.97. The van der Waals surface area contributed by atoms with E-state index < -0.39 is 9.84 Å². The molecule has 1 amide bonds. The van der Waals surface area contributed by atoms with Crippen LogP contribution in [0.5, 0.6) is 0 Å². The van der Waals surface area contributed by atoms with E-state index in [0.717, 1.165) is 12.8 Å².